The molecule has 7 heteroatoms. The summed E-state index contributed by atoms with van der Waals surface area (Å²) < 4.78 is 2.33. The van der Waals surface area contributed by atoms with E-state index in [2.05, 4.69) is 80.7 Å². The van der Waals surface area contributed by atoms with E-state index < -0.39 is 0 Å². The smallest absolute Gasteiger partial charge is 0.229 e. The van der Waals surface area contributed by atoms with Crippen molar-refractivity contribution in [3.8, 4) is 0 Å². The average molecular weight is 434 g/mol. The zero-order valence-corrected chi connectivity index (χ0v) is 19.7. The number of piperazine rings is 1. The van der Waals surface area contributed by atoms with Crippen LogP contribution < -0.4 is 15.5 Å². The zero-order valence-electron chi connectivity index (χ0n) is 19.7. The fourth-order valence-corrected chi connectivity index (χ4v) is 4.35. The quantitative estimate of drug-likeness (QED) is 0.546. The summed E-state index contributed by atoms with van der Waals surface area (Å²) in [6, 6.07) is 11.0. The monoisotopic (exact) mass is 433 g/mol. The minimum Gasteiger partial charge on any atom is -0.376 e. The van der Waals surface area contributed by atoms with Gasteiger partial charge < -0.3 is 25.0 Å². The summed E-state index contributed by atoms with van der Waals surface area (Å²) in [5.74, 6) is 0.611. The summed E-state index contributed by atoms with van der Waals surface area (Å²) in [6.07, 6.45) is 3.98. The molecule has 3 aromatic rings. The molecule has 3 heterocycles. The van der Waals surface area contributed by atoms with Crippen LogP contribution in [0.1, 0.15) is 38.4 Å². The van der Waals surface area contributed by atoms with Crippen molar-refractivity contribution < 1.29 is 0 Å². The maximum Gasteiger partial charge on any atom is 0.229 e. The lowest BCUT2D eigenvalue weighted by Gasteiger charge is -2.29. The van der Waals surface area contributed by atoms with Gasteiger partial charge in [0.05, 0.1) is 11.4 Å². The largest absolute Gasteiger partial charge is 0.376 e. The highest BCUT2D eigenvalue weighted by Crippen LogP contribution is 2.31. The highest BCUT2D eigenvalue weighted by atomic mass is 15.2. The summed E-state index contributed by atoms with van der Waals surface area (Å²) in [5, 5.41) is 7.82. The van der Waals surface area contributed by atoms with Gasteiger partial charge in [0.25, 0.3) is 0 Å². The van der Waals surface area contributed by atoms with Gasteiger partial charge in [-0.3, -0.25) is 0 Å². The SMILES string of the molecule is C=C(c1cc2cnc(Nc3ccc(N4CCNCC4)cc3)nc2n1C(CC)CC)N(C)C. The Morgan fingerprint density at radius 1 is 1.16 bits per heavy atom. The van der Waals surface area contributed by atoms with Crippen LogP contribution in [0.5, 0.6) is 0 Å². The summed E-state index contributed by atoms with van der Waals surface area (Å²) in [6.45, 7) is 12.9. The van der Waals surface area contributed by atoms with Crippen LogP contribution in [0, 0.1) is 0 Å². The number of nitrogens with zero attached hydrogens (tertiary/aromatic N) is 5. The first-order valence-electron chi connectivity index (χ1n) is 11.6. The van der Waals surface area contributed by atoms with Crippen molar-refractivity contribution in [1.29, 1.82) is 0 Å². The second-order valence-electron chi connectivity index (χ2n) is 8.59. The molecule has 0 atom stereocenters. The average Bonchev–Trinajstić information content (AvgIpc) is 3.19. The van der Waals surface area contributed by atoms with Crippen molar-refractivity contribution in [2.45, 2.75) is 32.7 Å². The molecule has 1 saturated heterocycles. The Hall–Kier alpha value is -3.06. The van der Waals surface area contributed by atoms with Crippen LogP contribution in [0.25, 0.3) is 16.7 Å². The molecule has 32 heavy (non-hydrogen) atoms. The number of aromatic nitrogens is 3. The van der Waals surface area contributed by atoms with E-state index in [0.29, 0.717) is 12.0 Å². The topological polar surface area (TPSA) is 61.3 Å². The molecule has 0 spiro atoms. The highest BCUT2D eigenvalue weighted by Gasteiger charge is 2.20. The number of hydrogen-bond acceptors (Lipinski definition) is 6. The van der Waals surface area contributed by atoms with Gasteiger partial charge in [-0.2, -0.15) is 4.98 Å². The summed E-state index contributed by atoms with van der Waals surface area (Å²) in [7, 11) is 4.06. The van der Waals surface area contributed by atoms with Gasteiger partial charge in [0.2, 0.25) is 5.95 Å². The molecular weight excluding hydrogens is 398 g/mol. The first-order chi connectivity index (χ1) is 15.5. The van der Waals surface area contributed by atoms with Gasteiger partial charge >= 0.3 is 0 Å². The standard InChI is InChI=1S/C25H35N7/c1-6-21(7-2)32-23(18(3)30(4)5)16-19-17-27-25(29-24(19)32)28-20-8-10-22(11-9-20)31-14-12-26-13-15-31/h8-11,16-17,21,26H,3,6-7,12-15H2,1-2,4-5H3,(H,27,28,29). The molecule has 0 aliphatic carbocycles. The van der Waals surface area contributed by atoms with Gasteiger partial charge in [-0.25, -0.2) is 4.98 Å². The van der Waals surface area contributed by atoms with E-state index >= 15 is 0 Å². The Morgan fingerprint density at radius 2 is 1.84 bits per heavy atom. The number of benzene rings is 1. The third-order valence-electron chi connectivity index (χ3n) is 6.32. The molecule has 4 rings (SSSR count). The predicted molar refractivity (Wildman–Crippen MR) is 135 cm³/mol. The van der Waals surface area contributed by atoms with Crippen LogP contribution in [-0.4, -0.2) is 59.7 Å². The van der Waals surface area contributed by atoms with Crippen LogP contribution in [0.15, 0.2) is 43.1 Å². The summed E-state index contributed by atoms with van der Waals surface area (Å²) in [4.78, 5) is 14.0. The van der Waals surface area contributed by atoms with E-state index in [0.717, 1.165) is 67.1 Å². The number of fused-ring (bicyclic) bond motifs is 1. The lowest BCUT2D eigenvalue weighted by Crippen LogP contribution is -2.43. The lowest BCUT2D eigenvalue weighted by atomic mass is 10.1. The number of hydrogen-bond donors (Lipinski definition) is 2. The normalized spacial score (nSPS) is 14.2. The van der Waals surface area contributed by atoms with Crippen LogP contribution in [0.2, 0.25) is 0 Å². The fraction of sp³-hybridized carbons (Fsp3) is 0.440. The third-order valence-corrected chi connectivity index (χ3v) is 6.32. The van der Waals surface area contributed by atoms with Crippen molar-refractivity contribution in [2.24, 2.45) is 0 Å². The molecule has 0 amide bonds. The number of anilines is 3. The molecule has 0 unspecified atom stereocenters. The molecule has 170 valence electrons. The Kier molecular flexibility index (Phi) is 6.65. The number of rotatable bonds is 8. The van der Waals surface area contributed by atoms with Gasteiger partial charge in [-0.1, -0.05) is 20.4 Å². The summed E-state index contributed by atoms with van der Waals surface area (Å²) >= 11 is 0. The van der Waals surface area contributed by atoms with Gasteiger partial charge in [0.1, 0.15) is 5.65 Å². The van der Waals surface area contributed by atoms with Crippen molar-refractivity contribution in [3.63, 3.8) is 0 Å². The van der Waals surface area contributed by atoms with E-state index in [9.17, 15) is 0 Å². The highest BCUT2D eigenvalue weighted by molar-refractivity contribution is 5.83. The minimum atomic E-state index is 0.361. The maximum atomic E-state index is 4.92. The molecule has 7 nitrogen and oxygen atoms in total. The Labute approximate surface area is 191 Å². The van der Waals surface area contributed by atoms with Crippen molar-refractivity contribution in [3.05, 3.63) is 48.8 Å². The van der Waals surface area contributed by atoms with Crippen molar-refractivity contribution in [1.82, 2.24) is 24.8 Å². The molecule has 2 aromatic heterocycles. The predicted octanol–water partition coefficient (Wildman–Crippen LogP) is 4.48. The van der Waals surface area contributed by atoms with Gasteiger partial charge in [-0.05, 0) is 43.2 Å². The molecule has 0 bridgehead atoms. The van der Waals surface area contributed by atoms with Crippen LogP contribution >= 0.6 is 0 Å². The van der Waals surface area contributed by atoms with Crippen molar-refractivity contribution in [2.75, 3.05) is 50.5 Å². The van der Waals surface area contributed by atoms with Crippen LogP contribution in [0.4, 0.5) is 17.3 Å². The second-order valence-corrected chi connectivity index (χ2v) is 8.59. The molecule has 0 saturated carbocycles. The van der Waals surface area contributed by atoms with E-state index in [-0.39, 0.29) is 0 Å². The minimum absolute atomic E-state index is 0.361. The summed E-state index contributed by atoms with van der Waals surface area (Å²) in [5.41, 5.74) is 5.27. The van der Waals surface area contributed by atoms with E-state index in [4.69, 9.17) is 4.98 Å². The molecule has 1 aliphatic heterocycles. The Balaban J connectivity index is 1.64. The zero-order chi connectivity index (χ0) is 22.7. The molecule has 2 N–H and O–H groups in total. The Bertz CT molecular complexity index is 1060. The molecular formula is C25H35N7. The molecule has 1 aliphatic rings. The second kappa shape index (κ2) is 9.61. The van der Waals surface area contributed by atoms with E-state index in [1.54, 1.807) is 0 Å². The first kappa shape index (κ1) is 22.1. The number of nitrogens with one attached hydrogen (secondary N) is 2. The molecule has 0 radical (unpaired) electrons. The lowest BCUT2D eigenvalue weighted by molar-refractivity contribution is 0.472. The first-order valence-corrected chi connectivity index (χ1v) is 11.6. The van der Waals surface area contributed by atoms with Crippen LogP contribution in [-0.2, 0) is 0 Å². The fourth-order valence-electron chi connectivity index (χ4n) is 4.35. The maximum absolute atomic E-state index is 4.92. The van der Waals surface area contributed by atoms with E-state index in [1.165, 1.54) is 5.69 Å². The Morgan fingerprint density at radius 3 is 2.47 bits per heavy atom. The van der Waals surface area contributed by atoms with Gasteiger partial charge in [-0.15, -0.1) is 0 Å². The van der Waals surface area contributed by atoms with E-state index in [1.807, 2.05) is 20.3 Å². The van der Waals surface area contributed by atoms with Crippen LogP contribution in [0.3, 0.4) is 0 Å². The molecule has 1 aromatic carbocycles. The van der Waals surface area contributed by atoms with Gasteiger partial charge in [0.15, 0.2) is 0 Å². The molecule has 1 fully saturated rings. The van der Waals surface area contributed by atoms with Gasteiger partial charge in [0, 0.05) is 69.3 Å². The van der Waals surface area contributed by atoms with Crippen molar-refractivity contribution >= 4 is 34.1 Å². The third kappa shape index (κ3) is 4.43.